The molecule has 6 unspecified atom stereocenters. The summed E-state index contributed by atoms with van der Waals surface area (Å²) in [5.41, 5.74) is 1.04. The van der Waals surface area contributed by atoms with Crippen LogP contribution in [0.4, 0.5) is 0 Å². The van der Waals surface area contributed by atoms with Crippen molar-refractivity contribution in [1.29, 1.82) is 0 Å². The van der Waals surface area contributed by atoms with Crippen molar-refractivity contribution in [1.82, 2.24) is 0 Å². The van der Waals surface area contributed by atoms with Gasteiger partial charge in [-0.3, -0.25) is 4.79 Å². The summed E-state index contributed by atoms with van der Waals surface area (Å²) in [5.74, 6) is 3.53. The molecule has 4 saturated carbocycles. The Bertz CT molecular complexity index is 520. The number of esters is 1. The van der Waals surface area contributed by atoms with Crippen LogP contribution in [-0.4, -0.2) is 16.0 Å². The molecule has 24 heavy (non-hydrogen) atoms. The van der Waals surface area contributed by atoms with Gasteiger partial charge in [0.1, 0.15) is 6.10 Å². The lowest BCUT2D eigenvalue weighted by Gasteiger charge is -2.61. The minimum atomic E-state index is -0.0944. The Morgan fingerprint density at radius 2 is 1.88 bits per heavy atom. The van der Waals surface area contributed by atoms with E-state index < -0.39 is 0 Å². The van der Waals surface area contributed by atoms with Gasteiger partial charge in [-0.1, -0.05) is 42.9 Å². The Morgan fingerprint density at radius 1 is 1.08 bits per heavy atom. The lowest BCUT2D eigenvalue weighted by atomic mass is 9.45. The van der Waals surface area contributed by atoms with Crippen LogP contribution in [0.2, 0.25) is 0 Å². The molecule has 0 radical (unpaired) electrons. The van der Waals surface area contributed by atoms with Crippen LogP contribution in [-0.2, 0) is 9.53 Å². The van der Waals surface area contributed by atoms with E-state index in [1.165, 1.54) is 51.4 Å². The highest BCUT2D eigenvalue weighted by atomic mass is 127. The number of fused-ring (bicyclic) bond motifs is 5. The molecule has 0 N–H and O–H groups in total. The summed E-state index contributed by atoms with van der Waals surface area (Å²) < 4.78 is 6.26. The van der Waals surface area contributed by atoms with Crippen molar-refractivity contribution in [3.63, 3.8) is 0 Å². The summed E-state index contributed by atoms with van der Waals surface area (Å²) in [6.45, 7) is 6.72. The Morgan fingerprint density at radius 3 is 2.62 bits per heavy atom. The van der Waals surface area contributed by atoms with E-state index in [1.807, 2.05) is 0 Å². The maximum atomic E-state index is 11.6. The normalized spacial score (nSPS) is 53.7. The van der Waals surface area contributed by atoms with Gasteiger partial charge in [-0.05, 0) is 85.9 Å². The second-order valence-electron chi connectivity index (χ2n) is 9.85. The molecule has 0 spiro atoms. The monoisotopic (exact) mass is 444 g/mol. The van der Waals surface area contributed by atoms with Gasteiger partial charge in [-0.15, -0.1) is 0 Å². The molecule has 3 heteroatoms. The second kappa shape index (κ2) is 6.13. The van der Waals surface area contributed by atoms with Crippen LogP contribution in [0.1, 0.15) is 78.6 Å². The quantitative estimate of drug-likeness (QED) is 0.292. The van der Waals surface area contributed by atoms with Gasteiger partial charge in [0.25, 0.3) is 0 Å². The zero-order valence-corrected chi connectivity index (χ0v) is 17.7. The highest BCUT2D eigenvalue weighted by molar-refractivity contribution is 14.1. The number of carbonyl (C=O) groups is 1. The molecule has 0 aromatic rings. The molecule has 136 valence electrons. The molecule has 0 heterocycles. The Hall–Kier alpha value is 0.200. The molecule has 4 fully saturated rings. The number of rotatable bonds is 1. The largest absolute Gasteiger partial charge is 0.461 e. The van der Waals surface area contributed by atoms with E-state index in [0.29, 0.717) is 14.8 Å². The molecule has 4 aliphatic rings. The summed E-state index contributed by atoms with van der Waals surface area (Å²) >= 11 is 2.55. The summed E-state index contributed by atoms with van der Waals surface area (Å²) in [6, 6.07) is 0. The number of hydrogen-bond donors (Lipinski definition) is 0. The smallest absolute Gasteiger partial charge is 0.302 e. The summed E-state index contributed by atoms with van der Waals surface area (Å²) in [4.78, 5) is 11.6. The van der Waals surface area contributed by atoms with Crippen molar-refractivity contribution in [3.8, 4) is 0 Å². The highest BCUT2D eigenvalue weighted by Gasteiger charge is 2.59. The van der Waals surface area contributed by atoms with Crippen LogP contribution < -0.4 is 0 Å². The van der Waals surface area contributed by atoms with Gasteiger partial charge < -0.3 is 4.74 Å². The molecule has 0 aromatic heterocycles. The van der Waals surface area contributed by atoms with E-state index in [0.717, 1.165) is 30.1 Å². The average Bonchev–Trinajstić information content (AvgIpc) is 2.90. The molecule has 0 bridgehead atoms. The lowest BCUT2D eigenvalue weighted by Crippen LogP contribution is -2.55. The van der Waals surface area contributed by atoms with Crippen molar-refractivity contribution in [3.05, 3.63) is 0 Å². The molecule has 4 aliphatic carbocycles. The first-order valence-corrected chi connectivity index (χ1v) is 11.4. The van der Waals surface area contributed by atoms with E-state index in [-0.39, 0.29) is 12.1 Å². The van der Waals surface area contributed by atoms with Crippen molar-refractivity contribution >= 4 is 28.6 Å². The maximum absolute atomic E-state index is 11.6. The third-order valence-electron chi connectivity index (χ3n) is 8.72. The predicted octanol–water partition coefficient (Wildman–Crippen LogP) is 5.76. The molecule has 2 nitrogen and oxygen atoms in total. The predicted molar refractivity (Wildman–Crippen MR) is 105 cm³/mol. The summed E-state index contributed by atoms with van der Waals surface area (Å²) in [6.07, 6.45) is 12.6. The SMILES string of the molecule is CC(=O)O[C@@H]1CC2(C)C3CCC4(C)CCCC4C3CC[C@H]2CC1I. The molecular formula is C21H33IO2. The van der Waals surface area contributed by atoms with Crippen LogP contribution >= 0.6 is 22.6 Å². The molecule has 0 aliphatic heterocycles. The van der Waals surface area contributed by atoms with E-state index in [1.54, 1.807) is 6.92 Å². The van der Waals surface area contributed by atoms with Crippen molar-refractivity contribution < 1.29 is 9.53 Å². The van der Waals surface area contributed by atoms with Gasteiger partial charge in [0.05, 0.1) is 0 Å². The second-order valence-corrected chi connectivity index (χ2v) is 11.4. The minimum absolute atomic E-state index is 0.0944. The van der Waals surface area contributed by atoms with E-state index in [4.69, 9.17) is 4.74 Å². The van der Waals surface area contributed by atoms with Gasteiger partial charge in [-0.25, -0.2) is 0 Å². The average molecular weight is 444 g/mol. The fraction of sp³-hybridized carbons (Fsp3) is 0.952. The number of hydrogen-bond acceptors (Lipinski definition) is 2. The first kappa shape index (κ1) is 17.6. The van der Waals surface area contributed by atoms with Gasteiger partial charge in [0, 0.05) is 10.8 Å². The Labute approximate surface area is 161 Å². The molecule has 0 aromatic carbocycles. The van der Waals surface area contributed by atoms with E-state index >= 15 is 0 Å². The fourth-order valence-electron chi connectivity index (χ4n) is 7.55. The number of halogens is 1. The topological polar surface area (TPSA) is 26.3 Å². The van der Waals surface area contributed by atoms with Crippen molar-refractivity contribution in [2.45, 2.75) is 88.6 Å². The van der Waals surface area contributed by atoms with Crippen molar-refractivity contribution in [2.75, 3.05) is 0 Å². The Balaban J connectivity index is 1.59. The third-order valence-corrected chi connectivity index (χ3v) is 10.0. The highest BCUT2D eigenvalue weighted by Crippen LogP contribution is 2.66. The zero-order valence-electron chi connectivity index (χ0n) is 15.5. The summed E-state index contributed by atoms with van der Waals surface area (Å²) in [5, 5.41) is 0. The molecule has 0 amide bonds. The van der Waals surface area contributed by atoms with Gasteiger partial charge in [-0.2, -0.15) is 0 Å². The van der Waals surface area contributed by atoms with E-state index in [2.05, 4.69) is 36.4 Å². The van der Waals surface area contributed by atoms with Gasteiger partial charge >= 0.3 is 5.97 Å². The lowest BCUT2D eigenvalue weighted by molar-refractivity contribution is -0.159. The molecule has 8 atom stereocenters. The number of ether oxygens (including phenoxy) is 1. The number of alkyl halides is 1. The molecule has 4 rings (SSSR count). The van der Waals surface area contributed by atoms with Crippen LogP contribution in [0, 0.1) is 34.5 Å². The standard InChI is InChI=1S/C21H33IO2/c1-13(23)24-19-12-21(3)14(11-18(19)22)6-7-15-16-5-4-9-20(16,2)10-8-17(15)21/h14-19H,4-12H2,1-3H3/t14-,15?,16?,17?,18?,19+,20?,21?/m0/s1. The maximum Gasteiger partial charge on any atom is 0.302 e. The van der Waals surface area contributed by atoms with Crippen molar-refractivity contribution in [2.24, 2.45) is 34.5 Å². The first-order valence-electron chi connectivity index (χ1n) is 10.1. The van der Waals surface area contributed by atoms with Crippen LogP contribution in [0.5, 0.6) is 0 Å². The fourth-order valence-corrected chi connectivity index (χ4v) is 8.56. The minimum Gasteiger partial charge on any atom is -0.461 e. The third kappa shape index (κ3) is 2.66. The molecular weight excluding hydrogens is 411 g/mol. The van der Waals surface area contributed by atoms with E-state index in [9.17, 15) is 4.79 Å². The van der Waals surface area contributed by atoms with Gasteiger partial charge in [0.15, 0.2) is 0 Å². The number of carbonyl (C=O) groups excluding carboxylic acids is 1. The Kier molecular flexibility index (Phi) is 4.49. The summed E-state index contributed by atoms with van der Waals surface area (Å²) in [7, 11) is 0. The van der Waals surface area contributed by atoms with Crippen LogP contribution in [0.15, 0.2) is 0 Å². The van der Waals surface area contributed by atoms with Crippen LogP contribution in [0.3, 0.4) is 0 Å². The molecule has 0 saturated heterocycles. The first-order chi connectivity index (χ1) is 11.3. The zero-order chi connectivity index (χ0) is 17.1. The van der Waals surface area contributed by atoms with Crippen LogP contribution in [0.25, 0.3) is 0 Å². The van der Waals surface area contributed by atoms with Gasteiger partial charge in [0.2, 0.25) is 0 Å².